The van der Waals surface area contributed by atoms with Crippen molar-refractivity contribution in [3.8, 4) is 22.8 Å². The van der Waals surface area contributed by atoms with E-state index in [0.29, 0.717) is 60.0 Å². The van der Waals surface area contributed by atoms with Crippen LogP contribution in [0.3, 0.4) is 0 Å². The fourth-order valence-corrected chi connectivity index (χ4v) is 4.42. The average molecular weight is 407 g/mol. The lowest BCUT2D eigenvalue weighted by molar-refractivity contribution is 0.0693. The Balaban J connectivity index is 1.65. The Hall–Kier alpha value is -3.10. The zero-order valence-corrected chi connectivity index (χ0v) is 16.5. The molecule has 7 nitrogen and oxygen atoms in total. The number of carbonyl (C=O) groups is 1. The van der Waals surface area contributed by atoms with Gasteiger partial charge >= 0.3 is 5.97 Å². The molecule has 1 aromatic carbocycles. The lowest BCUT2D eigenvalue weighted by atomic mass is 9.77. The molecule has 0 amide bonds. The molecule has 0 bridgehead atoms. The van der Waals surface area contributed by atoms with Gasteiger partial charge in [0, 0.05) is 42.0 Å². The maximum absolute atomic E-state index is 13.7. The number of fused-ring (bicyclic) bond motifs is 3. The first-order chi connectivity index (χ1) is 14.4. The molecule has 154 valence electrons. The molecule has 0 radical (unpaired) electrons. The summed E-state index contributed by atoms with van der Waals surface area (Å²) in [5, 5.41) is 13.1. The van der Waals surface area contributed by atoms with E-state index in [1.807, 2.05) is 6.92 Å². The number of nitrogens with one attached hydrogen (secondary N) is 2. The minimum absolute atomic E-state index is 0.163. The Morgan fingerprint density at radius 2 is 2.13 bits per heavy atom. The predicted molar refractivity (Wildman–Crippen MR) is 110 cm³/mol. The van der Waals surface area contributed by atoms with Crippen molar-refractivity contribution in [3.63, 3.8) is 0 Å². The van der Waals surface area contributed by atoms with Gasteiger partial charge in [0.25, 0.3) is 0 Å². The molecule has 0 spiro atoms. The van der Waals surface area contributed by atoms with Crippen molar-refractivity contribution >= 4 is 5.97 Å². The topological polar surface area (TPSA) is 117 Å². The Labute approximate surface area is 172 Å². The van der Waals surface area contributed by atoms with Crippen molar-refractivity contribution in [2.45, 2.75) is 31.2 Å². The van der Waals surface area contributed by atoms with E-state index in [9.17, 15) is 14.3 Å². The minimum atomic E-state index is -0.965. The number of aromatic carboxylic acids is 1. The second-order valence-corrected chi connectivity index (χ2v) is 8.21. The summed E-state index contributed by atoms with van der Waals surface area (Å²) in [6, 6.07) is 6.12. The number of H-pyrrole nitrogens is 1. The van der Waals surface area contributed by atoms with E-state index in [2.05, 4.69) is 20.3 Å². The Kier molecular flexibility index (Phi) is 4.23. The van der Waals surface area contributed by atoms with E-state index < -0.39 is 11.5 Å². The van der Waals surface area contributed by atoms with Crippen molar-refractivity contribution in [2.75, 3.05) is 13.1 Å². The molecule has 5 N–H and O–H groups in total. The third kappa shape index (κ3) is 2.83. The standard InChI is InChI=1S/C22H22FN5O2/c1-11(22(24)9-25-10-22)17-16(21(29)30)15-6-5-13-8-26-20(28-18(13)19(15)27-17)12-3-2-4-14(23)7-12/h2-4,7-8,11,25,27H,5-6,9-10,24H2,1H3,(H,29,30). The van der Waals surface area contributed by atoms with Gasteiger partial charge in [0.1, 0.15) is 5.82 Å². The number of nitrogens with two attached hydrogens (primary N) is 1. The van der Waals surface area contributed by atoms with Crippen LogP contribution in [0.4, 0.5) is 4.39 Å². The molecule has 0 saturated carbocycles. The van der Waals surface area contributed by atoms with Gasteiger partial charge in [-0.05, 0) is 36.1 Å². The van der Waals surface area contributed by atoms with Crippen LogP contribution >= 0.6 is 0 Å². The normalized spacial score (nSPS) is 17.6. The number of benzene rings is 1. The summed E-state index contributed by atoms with van der Waals surface area (Å²) in [6.07, 6.45) is 2.98. The van der Waals surface area contributed by atoms with Crippen LogP contribution in [0.25, 0.3) is 22.8 Å². The van der Waals surface area contributed by atoms with Gasteiger partial charge in [-0.1, -0.05) is 19.1 Å². The molecule has 1 fully saturated rings. The third-order valence-corrected chi connectivity index (χ3v) is 6.38. The van der Waals surface area contributed by atoms with Gasteiger partial charge in [-0.3, -0.25) is 0 Å². The minimum Gasteiger partial charge on any atom is -0.478 e. The SMILES string of the molecule is CC(c1[nH]c2c(c1C(=O)O)CCc1cnc(-c3cccc(F)c3)nc1-2)C1(N)CNC1. The first kappa shape index (κ1) is 18.9. The number of nitrogens with zero attached hydrogens (tertiary/aromatic N) is 2. The lowest BCUT2D eigenvalue weighted by Crippen LogP contribution is -2.68. The molecule has 8 heteroatoms. The van der Waals surface area contributed by atoms with Crippen LogP contribution in [-0.2, 0) is 12.8 Å². The molecule has 1 aliphatic carbocycles. The van der Waals surface area contributed by atoms with Gasteiger partial charge in [-0.15, -0.1) is 0 Å². The second kappa shape index (κ2) is 6.72. The van der Waals surface area contributed by atoms with E-state index in [0.717, 1.165) is 11.1 Å². The smallest absolute Gasteiger partial charge is 0.337 e. The first-order valence-electron chi connectivity index (χ1n) is 9.97. The van der Waals surface area contributed by atoms with Crippen molar-refractivity contribution in [1.82, 2.24) is 20.3 Å². The summed E-state index contributed by atoms with van der Waals surface area (Å²) in [7, 11) is 0. The molecule has 1 saturated heterocycles. The van der Waals surface area contributed by atoms with Crippen LogP contribution in [-0.4, -0.2) is 44.7 Å². The van der Waals surface area contributed by atoms with Gasteiger partial charge in [-0.2, -0.15) is 0 Å². The number of hydrogen-bond acceptors (Lipinski definition) is 5. The number of rotatable bonds is 4. The molecule has 3 heterocycles. The van der Waals surface area contributed by atoms with Gasteiger partial charge in [0.2, 0.25) is 0 Å². The zero-order valence-electron chi connectivity index (χ0n) is 16.5. The maximum atomic E-state index is 13.7. The molecule has 5 rings (SSSR count). The molecular formula is C22H22FN5O2. The quantitative estimate of drug-likeness (QED) is 0.528. The van der Waals surface area contributed by atoms with Gasteiger partial charge in [0.05, 0.1) is 17.0 Å². The Morgan fingerprint density at radius 3 is 2.80 bits per heavy atom. The second-order valence-electron chi connectivity index (χ2n) is 8.21. The molecular weight excluding hydrogens is 385 g/mol. The summed E-state index contributed by atoms with van der Waals surface area (Å²) in [4.78, 5) is 24.6. The van der Waals surface area contributed by atoms with Crippen LogP contribution in [0, 0.1) is 5.82 Å². The predicted octanol–water partition coefficient (Wildman–Crippen LogP) is 2.48. The summed E-state index contributed by atoms with van der Waals surface area (Å²) in [5.41, 5.74) is 10.6. The van der Waals surface area contributed by atoms with E-state index in [4.69, 9.17) is 5.73 Å². The lowest BCUT2D eigenvalue weighted by Gasteiger charge is -2.43. The van der Waals surface area contributed by atoms with Gasteiger partial charge < -0.3 is 21.1 Å². The fraction of sp³-hybridized carbons (Fsp3) is 0.318. The molecule has 2 aromatic heterocycles. The Morgan fingerprint density at radius 1 is 1.33 bits per heavy atom. The van der Waals surface area contributed by atoms with E-state index in [1.54, 1.807) is 18.3 Å². The van der Waals surface area contributed by atoms with E-state index in [-0.39, 0.29) is 11.7 Å². The van der Waals surface area contributed by atoms with Crippen molar-refractivity contribution in [2.24, 2.45) is 5.73 Å². The molecule has 30 heavy (non-hydrogen) atoms. The number of carboxylic acid groups (broad SMARTS) is 1. The van der Waals surface area contributed by atoms with Gasteiger partial charge in [-0.25, -0.2) is 19.2 Å². The van der Waals surface area contributed by atoms with E-state index in [1.165, 1.54) is 12.1 Å². The first-order valence-corrected chi connectivity index (χ1v) is 9.97. The van der Waals surface area contributed by atoms with Crippen LogP contribution in [0.1, 0.15) is 40.0 Å². The molecule has 1 aliphatic heterocycles. The highest BCUT2D eigenvalue weighted by atomic mass is 19.1. The third-order valence-electron chi connectivity index (χ3n) is 6.38. The number of aromatic amines is 1. The maximum Gasteiger partial charge on any atom is 0.337 e. The van der Waals surface area contributed by atoms with Gasteiger partial charge in [0.15, 0.2) is 5.82 Å². The highest BCUT2D eigenvalue weighted by Crippen LogP contribution is 2.40. The highest BCUT2D eigenvalue weighted by Gasteiger charge is 2.42. The number of aromatic nitrogens is 3. The number of aryl methyl sites for hydroxylation is 1. The number of carboxylic acids is 1. The zero-order chi connectivity index (χ0) is 21.0. The van der Waals surface area contributed by atoms with Crippen LogP contribution in [0.2, 0.25) is 0 Å². The number of hydrogen-bond donors (Lipinski definition) is 4. The summed E-state index contributed by atoms with van der Waals surface area (Å²) in [5.74, 6) is -1.09. The Bertz CT molecular complexity index is 1170. The van der Waals surface area contributed by atoms with E-state index >= 15 is 0 Å². The average Bonchev–Trinajstić information content (AvgIpc) is 3.11. The molecule has 2 aliphatic rings. The van der Waals surface area contributed by atoms with Crippen LogP contribution in [0.5, 0.6) is 0 Å². The summed E-state index contributed by atoms with van der Waals surface area (Å²) in [6.45, 7) is 3.24. The van der Waals surface area contributed by atoms with Crippen molar-refractivity contribution in [1.29, 1.82) is 0 Å². The molecule has 1 unspecified atom stereocenters. The summed E-state index contributed by atoms with van der Waals surface area (Å²) < 4.78 is 13.7. The molecule has 1 atom stereocenters. The van der Waals surface area contributed by atoms with Crippen LogP contribution < -0.4 is 11.1 Å². The number of halogens is 1. The van der Waals surface area contributed by atoms with Crippen LogP contribution in [0.15, 0.2) is 30.5 Å². The summed E-state index contributed by atoms with van der Waals surface area (Å²) >= 11 is 0. The van der Waals surface area contributed by atoms with Crippen molar-refractivity contribution < 1.29 is 14.3 Å². The highest BCUT2D eigenvalue weighted by molar-refractivity contribution is 5.94. The van der Waals surface area contributed by atoms with Crippen molar-refractivity contribution in [3.05, 3.63) is 58.7 Å². The largest absolute Gasteiger partial charge is 0.478 e. The fourth-order valence-electron chi connectivity index (χ4n) is 4.42. The molecule has 3 aromatic rings. The monoisotopic (exact) mass is 407 g/mol.